The molecule has 0 aliphatic rings. The van der Waals surface area contributed by atoms with E-state index in [1.165, 1.54) is 6.20 Å². The molecule has 2 aromatic rings. The van der Waals surface area contributed by atoms with Crippen molar-refractivity contribution >= 4 is 5.69 Å². The molecule has 2 rings (SSSR count). The number of nitrogens with zero attached hydrogens (tertiary/aromatic N) is 2. The molecule has 13 heavy (non-hydrogen) atoms. The lowest BCUT2D eigenvalue weighted by Gasteiger charge is -1.96. The molecule has 0 spiro atoms. The summed E-state index contributed by atoms with van der Waals surface area (Å²) < 4.78 is 0. The number of nitrogens with one attached hydrogen (secondary N) is 1. The van der Waals surface area contributed by atoms with Gasteiger partial charge in [0.2, 0.25) is 5.69 Å². The predicted molar refractivity (Wildman–Crippen MR) is 50.3 cm³/mol. The molecule has 1 heterocycles. The van der Waals surface area contributed by atoms with Crippen LogP contribution in [0.3, 0.4) is 0 Å². The van der Waals surface area contributed by atoms with Crippen molar-refractivity contribution < 1.29 is 0 Å². The average Bonchev–Trinajstić information content (AvgIpc) is 2.67. The van der Waals surface area contributed by atoms with Crippen LogP contribution < -0.4 is 0 Å². The minimum Gasteiger partial charge on any atom is -0.290 e. The summed E-state index contributed by atoms with van der Waals surface area (Å²) in [6, 6.07) is 9.70. The van der Waals surface area contributed by atoms with Gasteiger partial charge in [-0.2, -0.15) is 5.10 Å². The third-order valence-electron chi connectivity index (χ3n) is 1.80. The van der Waals surface area contributed by atoms with E-state index in [1.807, 2.05) is 30.3 Å². The minimum absolute atomic E-state index is 0.561. The van der Waals surface area contributed by atoms with Crippen molar-refractivity contribution in [3.05, 3.63) is 47.9 Å². The zero-order chi connectivity index (χ0) is 9.10. The van der Waals surface area contributed by atoms with Crippen LogP contribution in [0, 0.1) is 6.57 Å². The summed E-state index contributed by atoms with van der Waals surface area (Å²) in [6.45, 7) is 6.92. The molecule has 0 aliphatic heterocycles. The molecule has 0 aliphatic carbocycles. The predicted octanol–water partition coefficient (Wildman–Crippen LogP) is 2.63. The maximum absolute atomic E-state index is 6.92. The van der Waals surface area contributed by atoms with Crippen molar-refractivity contribution in [2.75, 3.05) is 0 Å². The van der Waals surface area contributed by atoms with Gasteiger partial charge in [-0.3, -0.25) is 5.10 Å². The highest BCUT2D eigenvalue weighted by Crippen LogP contribution is 2.26. The summed E-state index contributed by atoms with van der Waals surface area (Å²) in [7, 11) is 0. The fourth-order valence-corrected chi connectivity index (χ4v) is 1.18. The maximum atomic E-state index is 6.92. The van der Waals surface area contributed by atoms with Gasteiger partial charge >= 0.3 is 0 Å². The monoisotopic (exact) mass is 169 g/mol. The molecule has 0 fully saturated rings. The van der Waals surface area contributed by atoms with Crippen molar-refractivity contribution in [2.24, 2.45) is 0 Å². The van der Waals surface area contributed by atoms with Gasteiger partial charge in [-0.15, -0.1) is 0 Å². The Bertz CT molecular complexity index is 437. The van der Waals surface area contributed by atoms with Crippen LogP contribution in [0.15, 0.2) is 36.5 Å². The van der Waals surface area contributed by atoms with Crippen LogP contribution in [0.4, 0.5) is 5.69 Å². The van der Waals surface area contributed by atoms with Gasteiger partial charge in [0.15, 0.2) is 0 Å². The van der Waals surface area contributed by atoms with Gasteiger partial charge in [0.25, 0.3) is 0 Å². The van der Waals surface area contributed by atoms with Crippen molar-refractivity contribution in [2.45, 2.75) is 0 Å². The topological polar surface area (TPSA) is 33.0 Å². The van der Waals surface area contributed by atoms with E-state index in [1.54, 1.807) is 0 Å². The molecule has 0 unspecified atom stereocenters. The molecule has 1 N–H and O–H groups in total. The molecule has 0 bridgehead atoms. The van der Waals surface area contributed by atoms with E-state index in [9.17, 15) is 0 Å². The molecule has 1 aromatic heterocycles. The van der Waals surface area contributed by atoms with E-state index in [2.05, 4.69) is 15.0 Å². The van der Waals surface area contributed by atoms with Crippen molar-refractivity contribution in [3.8, 4) is 11.3 Å². The Kier molecular flexibility index (Phi) is 1.81. The second kappa shape index (κ2) is 3.11. The Morgan fingerprint density at radius 1 is 1.23 bits per heavy atom. The number of aromatic amines is 1. The normalized spacial score (nSPS) is 9.46. The van der Waals surface area contributed by atoms with E-state index in [0.717, 1.165) is 11.3 Å². The Morgan fingerprint density at radius 2 is 2.00 bits per heavy atom. The molecule has 0 amide bonds. The summed E-state index contributed by atoms with van der Waals surface area (Å²) >= 11 is 0. The zero-order valence-corrected chi connectivity index (χ0v) is 6.86. The molecule has 0 saturated heterocycles. The number of hydrogen-bond donors (Lipinski definition) is 1. The van der Waals surface area contributed by atoms with Gasteiger partial charge in [-0.05, 0) is 5.56 Å². The zero-order valence-electron chi connectivity index (χ0n) is 6.86. The van der Waals surface area contributed by atoms with Crippen LogP contribution >= 0.6 is 0 Å². The minimum atomic E-state index is 0.561. The van der Waals surface area contributed by atoms with E-state index >= 15 is 0 Å². The first-order valence-electron chi connectivity index (χ1n) is 3.88. The SMILES string of the molecule is [C-]#[N+]c1cn[nH]c1-c1ccccc1. The fourth-order valence-electron chi connectivity index (χ4n) is 1.18. The van der Waals surface area contributed by atoms with E-state index < -0.39 is 0 Å². The molecular weight excluding hydrogens is 162 g/mol. The highest BCUT2D eigenvalue weighted by molar-refractivity contribution is 5.73. The fraction of sp³-hybridized carbons (Fsp3) is 0. The second-order valence-corrected chi connectivity index (χ2v) is 2.61. The van der Waals surface area contributed by atoms with Gasteiger partial charge in [0.05, 0.1) is 18.5 Å². The van der Waals surface area contributed by atoms with Crippen molar-refractivity contribution in [1.29, 1.82) is 0 Å². The Labute approximate surface area is 75.9 Å². The van der Waals surface area contributed by atoms with Crippen molar-refractivity contribution in [3.63, 3.8) is 0 Å². The van der Waals surface area contributed by atoms with Gasteiger partial charge in [-0.25, -0.2) is 4.85 Å². The Balaban J connectivity index is 2.54. The first-order valence-corrected chi connectivity index (χ1v) is 3.88. The van der Waals surface area contributed by atoms with Crippen LogP contribution in [0.2, 0.25) is 0 Å². The van der Waals surface area contributed by atoms with Gasteiger partial charge in [-0.1, -0.05) is 30.3 Å². The quantitative estimate of drug-likeness (QED) is 0.654. The Morgan fingerprint density at radius 3 is 2.69 bits per heavy atom. The summed E-state index contributed by atoms with van der Waals surface area (Å²) in [5.41, 5.74) is 2.34. The van der Waals surface area contributed by atoms with Gasteiger partial charge in [0, 0.05) is 0 Å². The molecule has 0 atom stereocenters. The van der Waals surface area contributed by atoms with Crippen LogP contribution in [0.25, 0.3) is 16.1 Å². The lowest BCUT2D eigenvalue weighted by Crippen LogP contribution is -1.76. The third-order valence-corrected chi connectivity index (χ3v) is 1.80. The third kappa shape index (κ3) is 1.30. The molecular formula is C10H7N3. The van der Waals surface area contributed by atoms with Crippen LogP contribution in [-0.2, 0) is 0 Å². The summed E-state index contributed by atoms with van der Waals surface area (Å²) in [5, 5.41) is 6.64. The first kappa shape index (κ1) is 7.56. The summed E-state index contributed by atoms with van der Waals surface area (Å²) in [4.78, 5) is 3.36. The molecule has 3 nitrogen and oxygen atoms in total. The number of hydrogen-bond acceptors (Lipinski definition) is 1. The average molecular weight is 169 g/mol. The molecule has 0 radical (unpaired) electrons. The maximum Gasteiger partial charge on any atom is 0.231 e. The van der Waals surface area contributed by atoms with Crippen LogP contribution in [0.5, 0.6) is 0 Å². The molecule has 62 valence electrons. The second-order valence-electron chi connectivity index (χ2n) is 2.61. The van der Waals surface area contributed by atoms with E-state index in [0.29, 0.717) is 5.69 Å². The van der Waals surface area contributed by atoms with E-state index in [-0.39, 0.29) is 0 Å². The number of rotatable bonds is 1. The lowest BCUT2D eigenvalue weighted by molar-refractivity contribution is 1.10. The van der Waals surface area contributed by atoms with E-state index in [4.69, 9.17) is 6.57 Å². The largest absolute Gasteiger partial charge is 0.290 e. The highest BCUT2D eigenvalue weighted by Gasteiger charge is 2.05. The van der Waals surface area contributed by atoms with Crippen LogP contribution in [0.1, 0.15) is 0 Å². The summed E-state index contributed by atoms with van der Waals surface area (Å²) in [5.74, 6) is 0. The smallest absolute Gasteiger partial charge is 0.231 e. The highest BCUT2D eigenvalue weighted by atomic mass is 15.1. The van der Waals surface area contributed by atoms with Gasteiger partial charge < -0.3 is 0 Å². The lowest BCUT2D eigenvalue weighted by atomic mass is 10.1. The number of aromatic nitrogens is 2. The number of benzene rings is 1. The molecule has 1 aromatic carbocycles. The van der Waals surface area contributed by atoms with Gasteiger partial charge in [0.1, 0.15) is 0 Å². The first-order chi connectivity index (χ1) is 6.42. The Hall–Kier alpha value is -2.08. The summed E-state index contributed by atoms with van der Waals surface area (Å²) in [6.07, 6.45) is 1.54. The molecule has 3 heteroatoms. The standard InChI is InChI=1S/C10H7N3/c1-11-9-7-12-13-10(9)8-5-3-2-4-6-8/h2-7H,(H,12,13). The van der Waals surface area contributed by atoms with Crippen LogP contribution in [-0.4, -0.2) is 10.2 Å². The molecule has 0 saturated carbocycles. The van der Waals surface area contributed by atoms with Crippen molar-refractivity contribution in [1.82, 2.24) is 10.2 Å². The number of H-pyrrole nitrogens is 1.